The normalized spacial score (nSPS) is 13.4. The molecule has 6 heteroatoms. The molecule has 1 unspecified atom stereocenters. The summed E-state index contributed by atoms with van der Waals surface area (Å²) in [5.74, 6) is -0.836. The van der Waals surface area contributed by atoms with Gasteiger partial charge in [0.05, 0.1) is 17.2 Å². The zero-order valence-electron chi connectivity index (χ0n) is 17.7. The number of nitrogens with zero attached hydrogens (tertiary/aromatic N) is 1. The zero-order chi connectivity index (χ0) is 22.7. The third-order valence-electron chi connectivity index (χ3n) is 5.84. The Morgan fingerprint density at radius 3 is 2.78 bits per heavy atom. The van der Waals surface area contributed by atoms with Gasteiger partial charge in [-0.2, -0.15) is 5.26 Å². The lowest BCUT2D eigenvalue weighted by Crippen LogP contribution is -2.24. The number of halogens is 1. The molecule has 1 aliphatic heterocycles. The van der Waals surface area contributed by atoms with E-state index in [4.69, 9.17) is 10.00 Å². The molecule has 2 N–H and O–H groups in total. The number of fused-ring (bicyclic) bond motifs is 1. The molecule has 0 saturated heterocycles. The van der Waals surface area contributed by atoms with Crippen molar-refractivity contribution in [3.05, 3.63) is 93.8 Å². The summed E-state index contributed by atoms with van der Waals surface area (Å²) < 4.78 is 19.0. The summed E-state index contributed by atoms with van der Waals surface area (Å²) in [6.45, 7) is 3.20. The van der Waals surface area contributed by atoms with Crippen molar-refractivity contribution in [1.29, 1.82) is 5.26 Å². The van der Waals surface area contributed by atoms with Crippen molar-refractivity contribution in [2.75, 3.05) is 13.1 Å². The van der Waals surface area contributed by atoms with Gasteiger partial charge in [0, 0.05) is 12.1 Å². The highest BCUT2D eigenvalue weighted by Crippen LogP contribution is 2.29. The molecule has 1 aliphatic rings. The second-order valence-corrected chi connectivity index (χ2v) is 7.86. The third kappa shape index (κ3) is 4.40. The van der Waals surface area contributed by atoms with Crippen LogP contribution in [-0.4, -0.2) is 24.2 Å². The zero-order valence-corrected chi connectivity index (χ0v) is 17.7. The molecule has 0 fully saturated rings. The van der Waals surface area contributed by atoms with Crippen LogP contribution >= 0.6 is 0 Å². The Hall–Kier alpha value is -3.53. The average molecular weight is 430 g/mol. The average Bonchev–Trinajstić information content (AvgIpc) is 3.18. The lowest BCUT2D eigenvalue weighted by Gasteiger charge is -2.16. The van der Waals surface area contributed by atoms with Gasteiger partial charge >= 0.3 is 5.97 Å². The van der Waals surface area contributed by atoms with Crippen LogP contribution in [0.4, 0.5) is 4.39 Å². The molecule has 32 heavy (non-hydrogen) atoms. The number of carbonyl (C=O) groups excluding carboxylic acids is 1. The number of nitriles is 1. The SMILES string of the molecule is Cc1c(C(O)CNCCc2cccc(-c3ccc(C#N)c(F)c3)c2)ccc2c1COC2=O. The van der Waals surface area contributed by atoms with Gasteiger partial charge in [0.15, 0.2) is 0 Å². The Bertz CT molecular complexity index is 1220. The fourth-order valence-electron chi connectivity index (χ4n) is 4.00. The molecule has 0 aliphatic carbocycles. The first kappa shape index (κ1) is 21.7. The molecule has 4 rings (SSSR count). The summed E-state index contributed by atoms with van der Waals surface area (Å²) in [7, 11) is 0. The predicted octanol–water partition coefficient (Wildman–Crippen LogP) is 4.21. The standard InChI is InChI=1S/C26H23FN2O3/c1-16-21(7-8-22-23(16)15-32-26(22)31)25(30)14-29-10-9-17-3-2-4-18(11-17)19-5-6-20(13-28)24(27)12-19/h2-8,11-12,25,29-30H,9-10,14-15H2,1H3. The summed E-state index contributed by atoms with van der Waals surface area (Å²) in [4.78, 5) is 11.7. The molecule has 0 amide bonds. The van der Waals surface area contributed by atoms with Crippen molar-refractivity contribution in [2.24, 2.45) is 0 Å². The van der Waals surface area contributed by atoms with Crippen molar-refractivity contribution >= 4 is 5.97 Å². The summed E-state index contributed by atoms with van der Waals surface area (Å²) in [6, 6.07) is 17.8. The number of rotatable bonds is 7. The van der Waals surface area contributed by atoms with Crippen LogP contribution in [0.2, 0.25) is 0 Å². The number of ether oxygens (including phenoxy) is 1. The first-order chi connectivity index (χ1) is 15.5. The molecule has 0 saturated carbocycles. The maximum atomic E-state index is 13.9. The topological polar surface area (TPSA) is 82.3 Å². The van der Waals surface area contributed by atoms with E-state index < -0.39 is 11.9 Å². The number of aliphatic hydroxyl groups is 1. The van der Waals surface area contributed by atoms with E-state index in [0.717, 1.165) is 39.8 Å². The fraction of sp³-hybridized carbons (Fsp3) is 0.231. The van der Waals surface area contributed by atoms with Crippen molar-refractivity contribution in [2.45, 2.75) is 26.1 Å². The minimum atomic E-state index is -0.691. The van der Waals surface area contributed by atoms with E-state index >= 15 is 0 Å². The molecule has 1 atom stereocenters. The second-order valence-electron chi connectivity index (χ2n) is 7.86. The second kappa shape index (κ2) is 9.31. The van der Waals surface area contributed by atoms with Crippen LogP contribution in [-0.2, 0) is 17.8 Å². The van der Waals surface area contributed by atoms with E-state index in [1.165, 1.54) is 12.1 Å². The highest BCUT2D eigenvalue weighted by Gasteiger charge is 2.25. The fourth-order valence-corrected chi connectivity index (χ4v) is 4.00. The quantitative estimate of drug-likeness (QED) is 0.434. The number of esters is 1. The van der Waals surface area contributed by atoms with Crippen molar-refractivity contribution in [3.63, 3.8) is 0 Å². The van der Waals surface area contributed by atoms with E-state index in [0.29, 0.717) is 18.7 Å². The van der Waals surface area contributed by atoms with Gasteiger partial charge < -0.3 is 15.2 Å². The third-order valence-corrected chi connectivity index (χ3v) is 5.84. The first-order valence-electron chi connectivity index (χ1n) is 10.4. The van der Waals surface area contributed by atoms with Gasteiger partial charge in [-0.3, -0.25) is 0 Å². The largest absolute Gasteiger partial charge is 0.457 e. The summed E-state index contributed by atoms with van der Waals surface area (Å²) >= 11 is 0. The van der Waals surface area contributed by atoms with Crippen LogP contribution in [0, 0.1) is 24.1 Å². The smallest absolute Gasteiger partial charge is 0.338 e. The molecule has 162 valence electrons. The van der Waals surface area contributed by atoms with Gasteiger partial charge in [-0.1, -0.05) is 36.4 Å². The monoisotopic (exact) mass is 430 g/mol. The predicted molar refractivity (Wildman–Crippen MR) is 118 cm³/mol. The van der Waals surface area contributed by atoms with E-state index in [9.17, 15) is 14.3 Å². The minimum Gasteiger partial charge on any atom is -0.457 e. The van der Waals surface area contributed by atoms with Gasteiger partial charge in [-0.25, -0.2) is 9.18 Å². The number of hydrogen-bond acceptors (Lipinski definition) is 5. The highest BCUT2D eigenvalue weighted by atomic mass is 19.1. The van der Waals surface area contributed by atoms with E-state index in [2.05, 4.69) is 5.32 Å². The highest BCUT2D eigenvalue weighted by molar-refractivity contribution is 5.93. The number of carbonyl (C=O) groups is 1. The van der Waals surface area contributed by atoms with Crippen molar-refractivity contribution in [3.8, 4) is 17.2 Å². The lowest BCUT2D eigenvalue weighted by molar-refractivity contribution is 0.0535. The van der Waals surface area contributed by atoms with E-state index in [1.54, 1.807) is 18.2 Å². The number of nitrogens with one attached hydrogen (secondary N) is 1. The minimum absolute atomic E-state index is 0.0328. The molecule has 0 radical (unpaired) electrons. The first-order valence-corrected chi connectivity index (χ1v) is 10.4. The van der Waals surface area contributed by atoms with Crippen LogP contribution in [0.25, 0.3) is 11.1 Å². The summed E-state index contributed by atoms with van der Waals surface area (Å²) in [5, 5.41) is 22.8. The van der Waals surface area contributed by atoms with Crippen LogP contribution in [0.1, 0.15) is 44.3 Å². The summed E-state index contributed by atoms with van der Waals surface area (Å²) in [5.41, 5.74) is 5.84. The molecular formula is C26H23FN2O3. The van der Waals surface area contributed by atoms with Crippen LogP contribution < -0.4 is 5.32 Å². The molecule has 0 aromatic heterocycles. The van der Waals surface area contributed by atoms with Gasteiger partial charge in [-0.15, -0.1) is 0 Å². The Labute approximate surface area is 186 Å². The molecular weight excluding hydrogens is 407 g/mol. The van der Waals surface area contributed by atoms with E-state index in [-0.39, 0.29) is 18.1 Å². The van der Waals surface area contributed by atoms with Gasteiger partial charge in [-0.05, 0) is 65.9 Å². The van der Waals surface area contributed by atoms with Crippen molar-refractivity contribution < 1.29 is 19.0 Å². The Kier molecular flexibility index (Phi) is 6.31. The van der Waals surface area contributed by atoms with Crippen molar-refractivity contribution in [1.82, 2.24) is 5.32 Å². The number of aliphatic hydroxyl groups excluding tert-OH is 1. The molecule has 3 aromatic carbocycles. The lowest BCUT2D eigenvalue weighted by atomic mass is 9.95. The number of hydrogen-bond donors (Lipinski definition) is 2. The molecule has 5 nitrogen and oxygen atoms in total. The molecule has 3 aromatic rings. The van der Waals surface area contributed by atoms with Crippen LogP contribution in [0.5, 0.6) is 0 Å². The maximum Gasteiger partial charge on any atom is 0.338 e. The Morgan fingerprint density at radius 2 is 2.00 bits per heavy atom. The van der Waals surface area contributed by atoms with Gasteiger partial charge in [0.1, 0.15) is 18.5 Å². The van der Waals surface area contributed by atoms with Crippen LogP contribution in [0.15, 0.2) is 54.6 Å². The number of benzene rings is 3. The molecule has 1 heterocycles. The molecule has 0 bridgehead atoms. The van der Waals surface area contributed by atoms with Gasteiger partial charge in [0.2, 0.25) is 0 Å². The number of cyclic esters (lactones) is 1. The summed E-state index contributed by atoms with van der Waals surface area (Å²) in [6.07, 6.45) is 0.0501. The Morgan fingerprint density at radius 1 is 1.19 bits per heavy atom. The van der Waals surface area contributed by atoms with Gasteiger partial charge in [0.25, 0.3) is 0 Å². The van der Waals surface area contributed by atoms with Crippen LogP contribution in [0.3, 0.4) is 0 Å². The molecule has 0 spiro atoms. The Balaban J connectivity index is 1.35. The van der Waals surface area contributed by atoms with E-state index in [1.807, 2.05) is 37.3 Å². The maximum absolute atomic E-state index is 13.9.